The van der Waals surface area contributed by atoms with Gasteiger partial charge in [0.05, 0.1) is 0 Å². The van der Waals surface area contributed by atoms with Crippen molar-refractivity contribution >= 4 is 19.4 Å². The van der Waals surface area contributed by atoms with Crippen LogP contribution < -0.4 is 4.46 Å². The molecule has 1 heterocycles. The maximum absolute atomic E-state index is 9.26. The molecule has 0 radical (unpaired) electrons. The summed E-state index contributed by atoms with van der Waals surface area (Å²) in [6.07, 6.45) is 3.96. The Morgan fingerprint density at radius 3 is 2.53 bits per heavy atom. The molecule has 1 aliphatic rings. The van der Waals surface area contributed by atoms with Crippen LogP contribution in [-0.2, 0) is 0 Å². The first-order chi connectivity index (χ1) is 8.38. The molecular weight excluding hydrogens is 275 g/mol. The average molecular weight is 293 g/mol. The van der Waals surface area contributed by atoms with Gasteiger partial charge in [-0.2, -0.15) is 0 Å². The van der Waals surface area contributed by atoms with E-state index in [-0.39, 0.29) is 19.8 Å². The fourth-order valence-corrected chi connectivity index (χ4v) is 4.20. The molecular formula is C14H18N2Se. The fraction of sp³-hybridized carbons (Fsp3) is 0.500. The topological polar surface area (TPSA) is 27.0 Å². The number of hydrogen-bond donors (Lipinski definition) is 0. The monoisotopic (exact) mass is 294 g/mol. The molecule has 0 bridgehead atoms. The van der Waals surface area contributed by atoms with Gasteiger partial charge in [0.1, 0.15) is 0 Å². The number of benzene rings is 1. The minimum atomic E-state index is 0.197. The van der Waals surface area contributed by atoms with Crippen LogP contribution in [0.5, 0.6) is 0 Å². The van der Waals surface area contributed by atoms with Crippen molar-refractivity contribution in [1.29, 1.82) is 5.26 Å². The Hall–Kier alpha value is -0.811. The van der Waals surface area contributed by atoms with Gasteiger partial charge in [0.2, 0.25) is 0 Å². The number of hydrogen-bond acceptors (Lipinski definition) is 2. The molecule has 1 aromatic carbocycles. The molecule has 0 spiro atoms. The van der Waals surface area contributed by atoms with Gasteiger partial charge in [-0.1, -0.05) is 0 Å². The molecule has 1 aliphatic heterocycles. The van der Waals surface area contributed by atoms with Crippen molar-refractivity contribution in [1.82, 2.24) is 4.90 Å². The third-order valence-corrected chi connectivity index (χ3v) is 5.31. The minimum absolute atomic E-state index is 0.197. The maximum atomic E-state index is 9.26. The average Bonchev–Trinajstić information content (AvgIpc) is 2.40. The van der Waals surface area contributed by atoms with Crippen molar-refractivity contribution in [2.45, 2.75) is 24.1 Å². The molecule has 0 aromatic heterocycles. The summed E-state index contributed by atoms with van der Waals surface area (Å²) in [7, 11) is 0. The summed E-state index contributed by atoms with van der Waals surface area (Å²) in [5.41, 5.74) is 0. The Morgan fingerprint density at radius 1 is 1.18 bits per heavy atom. The van der Waals surface area contributed by atoms with E-state index in [1.165, 1.54) is 36.8 Å². The number of piperidine rings is 1. The van der Waals surface area contributed by atoms with Crippen LogP contribution in [0.4, 0.5) is 0 Å². The van der Waals surface area contributed by atoms with Gasteiger partial charge in [-0.05, 0) is 0 Å². The Labute approximate surface area is 110 Å². The molecule has 2 nitrogen and oxygen atoms in total. The summed E-state index contributed by atoms with van der Waals surface area (Å²) in [6, 6.07) is 12.9. The molecule has 0 amide bonds. The van der Waals surface area contributed by atoms with Crippen molar-refractivity contribution in [2.24, 2.45) is 0 Å². The zero-order chi connectivity index (χ0) is 11.9. The first-order valence-corrected chi connectivity index (χ1v) is 8.07. The second-order valence-corrected chi connectivity index (χ2v) is 7.09. The van der Waals surface area contributed by atoms with Crippen LogP contribution >= 0.6 is 0 Å². The van der Waals surface area contributed by atoms with Crippen molar-refractivity contribution < 1.29 is 0 Å². The summed E-state index contributed by atoms with van der Waals surface area (Å²) in [5, 5.41) is 9.26. The molecule has 0 saturated carbocycles. The van der Waals surface area contributed by atoms with E-state index in [2.05, 4.69) is 35.2 Å². The summed E-state index contributed by atoms with van der Waals surface area (Å²) >= 11 is 0.285. The second kappa shape index (κ2) is 6.81. The number of likely N-dealkylation sites (tertiary alicyclic amines) is 1. The SMILES string of the molecule is N#CC(CN1CCCCC1)[Se]c1ccccc1. The Balaban J connectivity index is 1.86. The van der Waals surface area contributed by atoms with Gasteiger partial charge in [-0.25, -0.2) is 0 Å². The summed E-state index contributed by atoms with van der Waals surface area (Å²) in [4.78, 5) is 2.66. The summed E-state index contributed by atoms with van der Waals surface area (Å²) in [6.45, 7) is 3.33. The van der Waals surface area contributed by atoms with E-state index in [4.69, 9.17) is 0 Å². The first-order valence-electron chi connectivity index (χ1n) is 6.22. The van der Waals surface area contributed by atoms with E-state index in [0.29, 0.717) is 0 Å². The molecule has 1 unspecified atom stereocenters. The van der Waals surface area contributed by atoms with Gasteiger partial charge in [-0.3, -0.25) is 0 Å². The summed E-state index contributed by atoms with van der Waals surface area (Å²) < 4.78 is 1.34. The van der Waals surface area contributed by atoms with Crippen LogP contribution in [0, 0.1) is 11.3 Å². The van der Waals surface area contributed by atoms with Gasteiger partial charge in [0.25, 0.3) is 0 Å². The third kappa shape index (κ3) is 4.16. The fourth-order valence-electron chi connectivity index (χ4n) is 2.14. The molecule has 17 heavy (non-hydrogen) atoms. The van der Waals surface area contributed by atoms with E-state index in [0.717, 1.165) is 6.54 Å². The summed E-state index contributed by atoms with van der Waals surface area (Å²) in [5.74, 6) is 0. The number of nitriles is 1. The van der Waals surface area contributed by atoms with Gasteiger partial charge >= 0.3 is 110 Å². The van der Waals surface area contributed by atoms with Gasteiger partial charge < -0.3 is 0 Å². The van der Waals surface area contributed by atoms with Crippen LogP contribution in [0.25, 0.3) is 0 Å². The van der Waals surface area contributed by atoms with Crippen molar-refractivity contribution in [3.05, 3.63) is 30.3 Å². The number of rotatable bonds is 4. The Kier molecular flexibility index (Phi) is 5.07. The molecule has 0 aliphatic carbocycles. The molecule has 0 N–H and O–H groups in total. The third-order valence-electron chi connectivity index (χ3n) is 3.04. The molecule has 1 saturated heterocycles. The quantitative estimate of drug-likeness (QED) is 0.792. The molecule has 3 heteroatoms. The standard InChI is InChI=1S/C14H18N2Se/c15-11-14(12-16-9-5-2-6-10-16)17-13-7-3-1-4-8-13/h1,3-4,7-8,14H,2,5-6,9-10,12H2. The van der Waals surface area contributed by atoms with Gasteiger partial charge in [0.15, 0.2) is 0 Å². The Morgan fingerprint density at radius 2 is 1.88 bits per heavy atom. The van der Waals surface area contributed by atoms with Crippen LogP contribution in [-0.4, -0.2) is 39.5 Å². The second-order valence-electron chi connectivity index (χ2n) is 4.41. The van der Waals surface area contributed by atoms with Crippen LogP contribution in [0.3, 0.4) is 0 Å². The predicted octanol–water partition coefficient (Wildman–Crippen LogP) is 1.81. The molecule has 1 aromatic rings. The molecule has 1 fully saturated rings. The van der Waals surface area contributed by atoms with Crippen molar-refractivity contribution in [3.63, 3.8) is 0 Å². The first kappa shape index (κ1) is 12.6. The zero-order valence-corrected chi connectivity index (χ0v) is 11.7. The molecule has 1 atom stereocenters. The van der Waals surface area contributed by atoms with Crippen LogP contribution in [0.2, 0.25) is 4.82 Å². The van der Waals surface area contributed by atoms with Gasteiger partial charge in [0, 0.05) is 0 Å². The van der Waals surface area contributed by atoms with Crippen molar-refractivity contribution in [3.8, 4) is 6.07 Å². The normalized spacial score (nSPS) is 18.5. The number of nitrogens with zero attached hydrogens (tertiary/aromatic N) is 2. The van der Waals surface area contributed by atoms with E-state index >= 15 is 0 Å². The van der Waals surface area contributed by atoms with E-state index in [1.54, 1.807) is 0 Å². The zero-order valence-electron chi connectivity index (χ0n) is 10.0. The van der Waals surface area contributed by atoms with E-state index < -0.39 is 0 Å². The van der Waals surface area contributed by atoms with E-state index in [1.807, 2.05) is 6.07 Å². The molecule has 90 valence electrons. The van der Waals surface area contributed by atoms with E-state index in [9.17, 15) is 5.26 Å². The predicted molar refractivity (Wildman–Crippen MR) is 71.5 cm³/mol. The Bertz CT molecular complexity index is 366. The van der Waals surface area contributed by atoms with Crippen molar-refractivity contribution in [2.75, 3.05) is 19.6 Å². The van der Waals surface area contributed by atoms with Gasteiger partial charge in [-0.15, -0.1) is 0 Å². The molecule has 2 rings (SSSR count). The van der Waals surface area contributed by atoms with Crippen LogP contribution in [0.1, 0.15) is 19.3 Å². The van der Waals surface area contributed by atoms with Crippen LogP contribution in [0.15, 0.2) is 30.3 Å².